The van der Waals surface area contributed by atoms with E-state index in [0.717, 1.165) is 38.8 Å². The van der Waals surface area contributed by atoms with E-state index in [1.807, 2.05) is 13.8 Å². The van der Waals surface area contributed by atoms with Gasteiger partial charge in [-0.2, -0.15) is 0 Å². The summed E-state index contributed by atoms with van der Waals surface area (Å²) < 4.78 is 62.0. The molecule has 0 spiro atoms. The molecule has 0 radical (unpaired) electrons. The average Bonchev–Trinajstić information content (AvgIpc) is 3.30. The van der Waals surface area contributed by atoms with Gasteiger partial charge < -0.3 is 18.9 Å². The second-order valence-electron chi connectivity index (χ2n) is 9.46. The number of benzene rings is 2. The maximum absolute atomic E-state index is 13.4. The van der Waals surface area contributed by atoms with Crippen LogP contribution in [0.5, 0.6) is 11.5 Å². The summed E-state index contributed by atoms with van der Waals surface area (Å²) in [5, 5.41) is 0.472. The van der Waals surface area contributed by atoms with Gasteiger partial charge in [-0.1, -0.05) is 38.1 Å². The van der Waals surface area contributed by atoms with Crippen LogP contribution in [-0.4, -0.2) is 62.3 Å². The minimum Gasteiger partial charge on any atom is -0.483 e. The number of alkyl halides is 3. The Balaban J connectivity index is 1.69. The van der Waals surface area contributed by atoms with Crippen molar-refractivity contribution >= 4 is 16.7 Å². The first kappa shape index (κ1) is 25.6. The van der Waals surface area contributed by atoms with Crippen molar-refractivity contribution in [2.24, 2.45) is 5.92 Å². The maximum atomic E-state index is 13.4. The van der Waals surface area contributed by atoms with Gasteiger partial charge in [0, 0.05) is 30.4 Å². The van der Waals surface area contributed by atoms with Crippen molar-refractivity contribution in [2.75, 3.05) is 39.5 Å². The fourth-order valence-corrected chi connectivity index (χ4v) is 4.95. The number of fused-ring (bicyclic) bond motifs is 1. The summed E-state index contributed by atoms with van der Waals surface area (Å²) in [5.41, 5.74) is -0.465. The second-order valence-corrected chi connectivity index (χ2v) is 9.46. The fourth-order valence-electron chi connectivity index (χ4n) is 4.95. The van der Waals surface area contributed by atoms with Gasteiger partial charge in [-0.25, -0.2) is 4.79 Å². The molecule has 1 saturated carbocycles. The van der Waals surface area contributed by atoms with E-state index in [9.17, 15) is 18.0 Å². The minimum atomic E-state index is -4.91. The Bertz CT molecular complexity index is 1030. The van der Waals surface area contributed by atoms with Gasteiger partial charge in [-0.3, -0.25) is 4.90 Å². The van der Waals surface area contributed by atoms with E-state index >= 15 is 0 Å². The smallest absolute Gasteiger partial charge is 0.483 e. The van der Waals surface area contributed by atoms with Crippen LogP contribution in [-0.2, 0) is 9.47 Å². The first-order valence-corrected chi connectivity index (χ1v) is 12.2. The van der Waals surface area contributed by atoms with E-state index in [2.05, 4.69) is 9.64 Å². The molecule has 0 atom stereocenters. The van der Waals surface area contributed by atoms with Crippen LogP contribution in [0.25, 0.3) is 10.8 Å². The van der Waals surface area contributed by atoms with Gasteiger partial charge in [-0.15, -0.1) is 13.2 Å². The highest BCUT2D eigenvalue weighted by Crippen LogP contribution is 2.47. The number of halogens is 3. The third-order valence-electron chi connectivity index (χ3n) is 6.96. The van der Waals surface area contributed by atoms with Crippen molar-refractivity contribution in [1.29, 1.82) is 0 Å². The largest absolute Gasteiger partial charge is 0.573 e. The lowest BCUT2D eigenvalue weighted by molar-refractivity contribution is -0.274. The quantitative estimate of drug-likeness (QED) is 0.446. The van der Waals surface area contributed by atoms with Crippen molar-refractivity contribution in [3.63, 3.8) is 0 Å². The zero-order valence-corrected chi connectivity index (χ0v) is 20.2. The Morgan fingerprint density at radius 2 is 1.77 bits per heavy atom. The first-order chi connectivity index (χ1) is 16.7. The van der Waals surface area contributed by atoms with E-state index in [1.54, 1.807) is 18.2 Å². The van der Waals surface area contributed by atoms with Crippen molar-refractivity contribution in [3.05, 3.63) is 35.9 Å². The molecule has 2 fully saturated rings. The molecule has 0 bridgehead atoms. The number of carbonyl (C=O) groups excluding carboxylic acids is 1. The average molecular weight is 496 g/mol. The monoisotopic (exact) mass is 495 g/mol. The number of nitrogens with zero attached hydrogens (tertiary/aromatic N) is 1. The molecule has 0 N–H and O–H groups in total. The Kier molecular flexibility index (Phi) is 7.76. The third-order valence-corrected chi connectivity index (χ3v) is 6.96. The summed E-state index contributed by atoms with van der Waals surface area (Å²) in [6, 6.07) is 7.72. The van der Waals surface area contributed by atoms with Crippen molar-refractivity contribution < 1.29 is 36.9 Å². The SMILES string of the molecule is CC(C)C1(Oc2cc(C(=O)OCCN3CCOCC3)c3ccccc3c2OC(F)(F)F)CCCC1. The number of esters is 1. The Morgan fingerprint density at radius 1 is 1.11 bits per heavy atom. The van der Waals surface area contributed by atoms with Crippen LogP contribution in [0, 0.1) is 5.92 Å². The summed E-state index contributed by atoms with van der Waals surface area (Å²) in [5.74, 6) is -1.05. The molecule has 1 saturated heterocycles. The molecule has 1 aliphatic carbocycles. The molecule has 0 aromatic heterocycles. The zero-order valence-electron chi connectivity index (χ0n) is 20.2. The van der Waals surface area contributed by atoms with E-state index in [4.69, 9.17) is 14.2 Å². The molecule has 9 heteroatoms. The standard InChI is InChI=1S/C26H32F3NO5/c1-18(2)25(9-5-6-10-25)34-22-17-21(24(31)33-16-13-30-11-14-32-15-12-30)19-7-3-4-8-20(19)23(22)35-26(27,28)29/h3-4,7-8,17-18H,5-6,9-16H2,1-2H3. The van der Waals surface area contributed by atoms with Crippen molar-refractivity contribution in [2.45, 2.75) is 51.5 Å². The summed E-state index contributed by atoms with van der Waals surface area (Å²) in [4.78, 5) is 15.3. The molecule has 2 aromatic rings. The Hall–Kier alpha value is -2.52. The number of rotatable bonds is 8. The third kappa shape index (κ3) is 6.01. The molecular weight excluding hydrogens is 463 g/mol. The lowest BCUT2D eigenvalue weighted by Crippen LogP contribution is -2.39. The van der Waals surface area contributed by atoms with Crippen LogP contribution >= 0.6 is 0 Å². The van der Waals surface area contributed by atoms with Gasteiger partial charge in [0.1, 0.15) is 12.2 Å². The summed E-state index contributed by atoms with van der Waals surface area (Å²) in [6.07, 6.45) is -1.61. The predicted octanol–water partition coefficient (Wildman–Crippen LogP) is 5.58. The number of morpholine rings is 1. The lowest BCUT2D eigenvalue weighted by atomic mass is 9.88. The molecule has 192 valence electrons. The summed E-state index contributed by atoms with van der Waals surface area (Å²) in [7, 11) is 0. The molecule has 2 aromatic carbocycles. The van der Waals surface area contributed by atoms with Gasteiger partial charge in [-0.05, 0) is 37.7 Å². The highest BCUT2D eigenvalue weighted by atomic mass is 19.4. The fraction of sp³-hybridized carbons (Fsp3) is 0.577. The highest BCUT2D eigenvalue weighted by molar-refractivity contribution is 6.07. The maximum Gasteiger partial charge on any atom is 0.573 e. The molecule has 6 nitrogen and oxygen atoms in total. The number of carbonyl (C=O) groups is 1. The molecule has 0 unspecified atom stereocenters. The molecule has 4 rings (SSSR count). The lowest BCUT2D eigenvalue weighted by Gasteiger charge is -2.35. The van der Waals surface area contributed by atoms with E-state index in [1.165, 1.54) is 12.1 Å². The summed E-state index contributed by atoms with van der Waals surface area (Å²) in [6.45, 7) is 7.52. The molecule has 2 aliphatic rings. The molecule has 1 aliphatic heterocycles. The van der Waals surface area contributed by atoms with Crippen LogP contribution < -0.4 is 9.47 Å². The molecular formula is C26H32F3NO5. The highest BCUT2D eigenvalue weighted by Gasteiger charge is 2.41. The topological polar surface area (TPSA) is 57.2 Å². The van der Waals surface area contributed by atoms with Crippen LogP contribution in [0.4, 0.5) is 13.2 Å². The Morgan fingerprint density at radius 3 is 2.40 bits per heavy atom. The van der Waals surface area contributed by atoms with E-state index < -0.39 is 23.7 Å². The number of hydrogen-bond donors (Lipinski definition) is 0. The number of ether oxygens (including phenoxy) is 4. The van der Waals surface area contributed by atoms with Crippen LogP contribution in [0.15, 0.2) is 30.3 Å². The van der Waals surface area contributed by atoms with Crippen molar-refractivity contribution in [1.82, 2.24) is 4.90 Å². The van der Waals surface area contributed by atoms with Crippen LogP contribution in [0.2, 0.25) is 0 Å². The zero-order chi connectivity index (χ0) is 25.1. The van der Waals surface area contributed by atoms with E-state index in [0.29, 0.717) is 25.1 Å². The van der Waals surface area contributed by atoms with Gasteiger partial charge in [0.2, 0.25) is 0 Å². The van der Waals surface area contributed by atoms with Gasteiger partial charge in [0.05, 0.1) is 18.8 Å². The summed E-state index contributed by atoms with van der Waals surface area (Å²) >= 11 is 0. The predicted molar refractivity (Wildman–Crippen MR) is 125 cm³/mol. The van der Waals surface area contributed by atoms with Gasteiger partial charge >= 0.3 is 12.3 Å². The van der Waals surface area contributed by atoms with Crippen LogP contribution in [0.3, 0.4) is 0 Å². The van der Waals surface area contributed by atoms with Gasteiger partial charge in [0.25, 0.3) is 0 Å². The van der Waals surface area contributed by atoms with Gasteiger partial charge in [0.15, 0.2) is 11.5 Å². The Labute approximate surface area is 203 Å². The molecule has 0 amide bonds. The van der Waals surface area contributed by atoms with Crippen molar-refractivity contribution in [3.8, 4) is 11.5 Å². The van der Waals surface area contributed by atoms with Crippen LogP contribution in [0.1, 0.15) is 49.9 Å². The second kappa shape index (κ2) is 10.6. The molecule has 1 heterocycles. The normalized spacial score (nSPS) is 18.7. The minimum absolute atomic E-state index is 0.0686. The van der Waals surface area contributed by atoms with E-state index in [-0.39, 0.29) is 29.2 Å². The number of hydrogen-bond acceptors (Lipinski definition) is 6. The molecule has 35 heavy (non-hydrogen) atoms. The first-order valence-electron chi connectivity index (χ1n) is 12.2.